The molecule has 2 heteroatoms. The van der Waals surface area contributed by atoms with E-state index in [2.05, 4.69) is 20.8 Å². The summed E-state index contributed by atoms with van der Waals surface area (Å²) in [6.07, 6.45) is 14.3. The van der Waals surface area contributed by atoms with E-state index in [-0.39, 0.29) is 0 Å². The summed E-state index contributed by atoms with van der Waals surface area (Å²) in [5.41, 5.74) is 0. The standard InChI is InChI=1S/C17H36O2/c1-4-7-9-10-11-12-13-15-18-19-16-17(6-3)14-8-5-2/h17H,4-16H2,1-3H3. The molecule has 0 fully saturated rings. The van der Waals surface area contributed by atoms with Crippen LogP contribution in [-0.4, -0.2) is 13.2 Å². The van der Waals surface area contributed by atoms with Crippen LogP contribution in [0.5, 0.6) is 0 Å². The third-order valence-corrected chi connectivity index (χ3v) is 3.76. The molecule has 0 radical (unpaired) electrons. The SMILES string of the molecule is CCCCCCCCCOOCC(CC)CCCC. The predicted molar refractivity (Wildman–Crippen MR) is 83.2 cm³/mol. The smallest absolute Gasteiger partial charge is 0.0850 e. The first-order chi connectivity index (χ1) is 9.35. The molecule has 0 N–H and O–H groups in total. The van der Waals surface area contributed by atoms with Crippen molar-refractivity contribution in [3.8, 4) is 0 Å². The van der Waals surface area contributed by atoms with Crippen molar-refractivity contribution >= 4 is 0 Å². The Labute approximate surface area is 121 Å². The number of hydrogen-bond donors (Lipinski definition) is 0. The lowest BCUT2D eigenvalue weighted by Crippen LogP contribution is -2.09. The zero-order valence-corrected chi connectivity index (χ0v) is 13.6. The Morgan fingerprint density at radius 3 is 1.95 bits per heavy atom. The maximum Gasteiger partial charge on any atom is 0.0850 e. The first-order valence-electron chi connectivity index (χ1n) is 8.59. The van der Waals surface area contributed by atoms with Crippen LogP contribution >= 0.6 is 0 Å². The van der Waals surface area contributed by atoms with E-state index in [4.69, 9.17) is 9.78 Å². The van der Waals surface area contributed by atoms with Gasteiger partial charge in [0.15, 0.2) is 0 Å². The molecule has 0 aliphatic rings. The lowest BCUT2D eigenvalue weighted by molar-refractivity contribution is -0.302. The zero-order chi connectivity index (χ0) is 14.2. The van der Waals surface area contributed by atoms with Crippen LogP contribution in [0.1, 0.15) is 91.4 Å². The number of unbranched alkanes of at least 4 members (excludes halogenated alkanes) is 7. The van der Waals surface area contributed by atoms with Gasteiger partial charge in [-0.2, -0.15) is 0 Å². The molecule has 0 saturated heterocycles. The summed E-state index contributed by atoms with van der Waals surface area (Å²) in [6.45, 7) is 8.27. The van der Waals surface area contributed by atoms with Gasteiger partial charge in [-0.1, -0.05) is 78.6 Å². The van der Waals surface area contributed by atoms with Gasteiger partial charge in [0.2, 0.25) is 0 Å². The van der Waals surface area contributed by atoms with Crippen LogP contribution in [-0.2, 0) is 9.78 Å². The molecule has 0 aromatic rings. The topological polar surface area (TPSA) is 18.5 Å². The minimum Gasteiger partial charge on any atom is -0.237 e. The lowest BCUT2D eigenvalue weighted by atomic mass is 10.0. The fourth-order valence-corrected chi connectivity index (χ4v) is 2.22. The van der Waals surface area contributed by atoms with Gasteiger partial charge in [-0.25, -0.2) is 9.78 Å². The summed E-state index contributed by atoms with van der Waals surface area (Å²) >= 11 is 0. The second-order valence-corrected chi connectivity index (χ2v) is 5.64. The van der Waals surface area contributed by atoms with E-state index in [0.717, 1.165) is 19.6 Å². The molecule has 116 valence electrons. The van der Waals surface area contributed by atoms with Crippen molar-refractivity contribution in [2.45, 2.75) is 91.4 Å². The highest BCUT2D eigenvalue weighted by Crippen LogP contribution is 2.13. The first kappa shape index (κ1) is 18.9. The van der Waals surface area contributed by atoms with E-state index in [9.17, 15) is 0 Å². The summed E-state index contributed by atoms with van der Waals surface area (Å²) in [4.78, 5) is 10.6. The van der Waals surface area contributed by atoms with E-state index in [1.54, 1.807) is 0 Å². The molecule has 0 aliphatic carbocycles. The highest BCUT2D eigenvalue weighted by Gasteiger charge is 2.06. The second kappa shape index (κ2) is 16.0. The molecule has 19 heavy (non-hydrogen) atoms. The van der Waals surface area contributed by atoms with Gasteiger partial charge in [-0.15, -0.1) is 0 Å². The Morgan fingerprint density at radius 1 is 0.684 bits per heavy atom. The van der Waals surface area contributed by atoms with Gasteiger partial charge >= 0.3 is 0 Å². The fourth-order valence-electron chi connectivity index (χ4n) is 2.22. The third kappa shape index (κ3) is 14.1. The molecular formula is C17H36O2. The lowest BCUT2D eigenvalue weighted by Gasteiger charge is -2.13. The fraction of sp³-hybridized carbons (Fsp3) is 1.00. The van der Waals surface area contributed by atoms with Gasteiger partial charge in [0.1, 0.15) is 0 Å². The first-order valence-corrected chi connectivity index (χ1v) is 8.59. The monoisotopic (exact) mass is 272 g/mol. The molecule has 0 aromatic heterocycles. The molecule has 0 aliphatic heterocycles. The minimum absolute atomic E-state index is 0.675. The van der Waals surface area contributed by atoms with Crippen LogP contribution < -0.4 is 0 Å². The van der Waals surface area contributed by atoms with Gasteiger partial charge in [-0.3, -0.25) is 0 Å². The van der Waals surface area contributed by atoms with Crippen LogP contribution in [0.25, 0.3) is 0 Å². The number of hydrogen-bond acceptors (Lipinski definition) is 2. The molecule has 0 aromatic carbocycles. The van der Waals surface area contributed by atoms with Gasteiger partial charge in [-0.05, 0) is 18.8 Å². The Kier molecular flexibility index (Phi) is 15.9. The summed E-state index contributed by atoms with van der Waals surface area (Å²) in [5, 5.41) is 0. The average Bonchev–Trinajstić information content (AvgIpc) is 2.44. The van der Waals surface area contributed by atoms with Crippen LogP contribution in [0.15, 0.2) is 0 Å². The number of rotatable bonds is 15. The van der Waals surface area contributed by atoms with Gasteiger partial charge in [0.05, 0.1) is 13.2 Å². The highest BCUT2D eigenvalue weighted by atomic mass is 17.2. The van der Waals surface area contributed by atoms with Crippen molar-refractivity contribution in [2.24, 2.45) is 5.92 Å². The van der Waals surface area contributed by atoms with Crippen molar-refractivity contribution in [2.75, 3.05) is 13.2 Å². The van der Waals surface area contributed by atoms with Crippen molar-refractivity contribution in [3.05, 3.63) is 0 Å². The Hall–Kier alpha value is -0.0800. The summed E-state index contributed by atoms with van der Waals surface area (Å²) in [5.74, 6) is 0.675. The largest absolute Gasteiger partial charge is 0.237 e. The molecule has 0 saturated carbocycles. The third-order valence-electron chi connectivity index (χ3n) is 3.76. The van der Waals surface area contributed by atoms with Gasteiger partial charge in [0, 0.05) is 0 Å². The normalized spacial score (nSPS) is 12.8. The molecular weight excluding hydrogens is 236 g/mol. The Morgan fingerprint density at radius 2 is 1.32 bits per heavy atom. The second-order valence-electron chi connectivity index (χ2n) is 5.64. The molecule has 1 unspecified atom stereocenters. The van der Waals surface area contributed by atoms with E-state index in [0.29, 0.717) is 5.92 Å². The predicted octanol–water partition coefficient (Wildman–Crippen LogP) is 5.90. The molecule has 1 atom stereocenters. The van der Waals surface area contributed by atoms with Crippen molar-refractivity contribution in [1.29, 1.82) is 0 Å². The van der Waals surface area contributed by atoms with Crippen molar-refractivity contribution in [3.63, 3.8) is 0 Å². The van der Waals surface area contributed by atoms with E-state index in [1.165, 1.54) is 64.2 Å². The van der Waals surface area contributed by atoms with E-state index >= 15 is 0 Å². The maximum atomic E-state index is 5.33. The van der Waals surface area contributed by atoms with Crippen molar-refractivity contribution in [1.82, 2.24) is 0 Å². The van der Waals surface area contributed by atoms with Gasteiger partial charge < -0.3 is 0 Å². The molecule has 0 rings (SSSR count). The van der Waals surface area contributed by atoms with E-state index in [1.807, 2.05) is 0 Å². The van der Waals surface area contributed by atoms with Crippen LogP contribution in [0.4, 0.5) is 0 Å². The minimum atomic E-state index is 0.675. The van der Waals surface area contributed by atoms with Crippen molar-refractivity contribution < 1.29 is 9.78 Å². The van der Waals surface area contributed by atoms with E-state index < -0.39 is 0 Å². The molecule has 0 heterocycles. The molecule has 0 spiro atoms. The summed E-state index contributed by atoms with van der Waals surface area (Å²) in [6, 6.07) is 0. The Bertz CT molecular complexity index is 159. The zero-order valence-electron chi connectivity index (χ0n) is 13.6. The molecule has 0 bridgehead atoms. The average molecular weight is 272 g/mol. The van der Waals surface area contributed by atoms with Crippen LogP contribution in [0.2, 0.25) is 0 Å². The summed E-state index contributed by atoms with van der Waals surface area (Å²) < 4.78 is 0. The Balaban J connectivity index is 3.16. The maximum absolute atomic E-state index is 5.33. The molecule has 2 nitrogen and oxygen atoms in total. The van der Waals surface area contributed by atoms with Crippen LogP contribution in [0, 0.1) is 5.92 Å². The highest BCUT2D eigenvalue weighted by molar-refractivity contribution is 4.54. The summed E-state index contributed by atoms with van der Waals surface area (Å²) in [7, 11) is 0. The quantitative estimate of drug-likeness (QED) is 0.210. The van der Waals surface area contributed by atoms with Gasteiger partial charge in [0.25, 0.3) is 0 Å². The molecule has 0 amide bonds. The van der Waals surface area contributed by atoms with Crippen LogP contribution in [0.3, 0.4) is 0 Å².